The fourth-order valence-corrected chi connectivity index (χ4v) is 4.86. The number of amides is 1. The number of nitrogens with one attached hydrogen (secondary N) is 2. The summed E-state index contributed by atoms with van der Waals surface area (Å²) < 4.78 is 27.7. The molecule has 0 aliphatic carbocycles. The lowest BCUT2D eigenvalue weighted by molar-refractivity contribution is 0.101. The van der Waals surface area contributed by atoms with Crippen LogP contribution in [0, 0.1) is 0 Å². The van der Waals surface area contributed by atoms with Gasteiger partial charge in [0.05, 0.1) is 27.4 Å². The van der Waals surface area contributed by atoms with E-state index in [9.17, 15) is 18.3 Å². The van der Waals surface area contributed by atoms with E-state index in [0.29, 0.717) is 40.4 Å². The van der Waals surface area contributed by atoms with Gasteiger partial charge in [-0.05, 0) is 56.9 Å². The summed E-state index contributed by atoms with van der Waals surface area (Å²) in [7, 11) is 0.198. The maximum absolute atomic E-state index is 12.7. The summed E-state index contributed by atoms with van der Waals surface area (Å²) in [6.45, 7) is 1.10. The number of benzene rings is 2. The second kappa shape index (κ2) is 9.11. The number of hydrogen-bond acceptors (Lipinski definition) is 5. The van der Waals surface area contributed by atoms with Gasteiger partial charge in [0.2, 0.25) is 10.0 Å². The van der Waals surface area contributed by atoms with Crippen molar-refractivity contribution in [2.45, 2.75) is 11.3 Å². The SMILES string of the molecule is CN(C)CCCNS(=O)(=O)c1ccc(C2=NC(=O)c3c(-c4ccc(Cl)cc4)[nH]c(O)c32)cc1. The highest BCUT2D eigenvalue weighted by Crippen LogP contribution is 2.38. The third-order valence-corrected chi connectivity index (χ3v) is 7.02. The Balaban J connectivity index is 1.59. The van der Waals surface area contributed by atoms with Crippen molar-refractivity contribution in [2.24, 2.45) is 4.99 Å². The minimum Gasteiger partial charge on any atom is -0.494 e. The molecule has 1 aliphatic heterocycles. The summed E-state index contributed by atoms with van der Waals surface area (Å²) >= 11 is 5.95. The summed E-state index contributed by atoms with van der Waals surface area (Å²) in [6, 6.07) is 12.9. The van der Waals surface area contributed by atoms with Gasteiger partial charge in [0.15, 0.2) is 5.88 Å². The zero-order valence-electron chi connectivity index (χ0n) is 18.1. The number of carbonyl (C=O) groups is 1. The van der Waals surface area contributed by atoms with Gasteiger partial charge in [0.1, 0.15) is 0 Å². The highest BCUT2D eigenvalue weighted by Gasteiger charge is 2.33. The van der Waals surface area contributed by atoms with Crippen LogP contribution >= 0.6 is 11.6 Å². The molecule has 0 bridgehead atoms. The van der Waals surface area contributed by atoms with Gasteiger partial charge in [-0.15, -0.1) is 0 Å². The van der Waals surface area contributed by atoms with Crippen molar-refractivity contribution >= 4 is 33.2 Å². The number of aromatic hydroxyl groups is 1. The fourth-order valence-electron chi connectivity index (χ4n) is 3.66. The van der Waals surface area contributed by atoms with Crippen LogP contribution in [0.1, 0.15) is 27.9 Å². The van der Waals surface area contributed by atoms with E-state index in [4.69, 9.17) is 11.6 Å². The third kappa shape index (κ3) is 4.72. The standard InChI is InChI=1S/C23H23ClN4O4S/c1-28(2)13-3-12-25-33(31,32)17-10-6-15(7-11-17)21-19-18(22(29)27-21)20(26-23(19)30)14-4-8-16(24)9-5-14/h4-11,25-26,30H,3,12-13H2,1-2H3. The number of rotatable bonds is 8. The topological polar surface area (TPSA) is 115 Å². The normalized spacial score (nSPS) is 13.5. The van der Waals surface area contributed by atoms with Crippen LogP contribution in [0.2, 0.25) is 5.02 Å². The number of aromatic amines is 1. The van der Waals surface area contributed by atoms with Crippen molar-refractivity contribution in [1.82, 2.24) is 14.6 Å². The van der Waals surface area contributed by atoms with Crippen LogP contribution in [-0.4, -0.2) is 62.2 Å². The van der Waals surface area contributed by atoms with Gasteiger partial charge in [0, 0.05) is 17.1 Å². The molecule has 10 heteroatoms. The van der Waals surface area contributed by atoms with Crippen LogP contribution in [0.4, 0.5) is 0 Å². The molecule has 4 rings (SSSR count). The molecule has 0 fully saturated rings. The predicted molar refractivity (Wildman–Crippen MR) is 128 cm³/mol. The zero-order valence-corrected chi connectivity index (χ0v) is 19.7. The minimum atomic E-state index is -3.66. The smallest absolute Gasteiger partial charge is 0.280 e. The van der Waals surface area contributed by atoms with E-state index in [1.54, 1.807) is 36.4 Å². The predicted octanol–water partition coefficient (Wildman–Crippen LogP) is 3.26. The van der Waals surface area contributed by atoms with Crippen molar-refractivity contribution < 1.29 is 18.3 Å². The fraction of sp³-hybridized carbons (Fsp3) is 0.217. The summed E-state index contributed by atoms with van der Waals surface area (Å²) in [5.41, 5.74) is 2.50. The van der Waals surface area contributed by atoms with Gasteiger partial charge in [-0.25, -0.2) is 18.1 Å². The first-order valence-corrected chi connectivity index (χ1v) is 12.1. The highest BCUT2D eigenvalue weighted by molar-refractivity contribution is 7.89. The van der Waals surface area contributed by atoms with Crippen LogP contribution in [0.3, 0.4) is 0 Å². The summed E-state index contributed by atoms with van der Waals surface area (Å²) in [5, 5.41) is 11.1. The summed E-state index contributed by atoms with van der Waals surface area (Å²) in [6.07, 6.45) is 0.689. The van der Waals surface area contributed by atoms with Crippen molar-refractivity contribution in [3.05, 3.63) is 70.2 Å². The quantitative estimate of drug-likeness (QED) is 0.423. The van der Waals surface area contributed by atoms with Gasteiger partial charge in [-0.3, -0.25) is 4.79 Å². The molecule has 1 aliphatic rings. The van der Waals surface area contributed by atoms with Crippen molar-refractivity contribution in [3.8, 4) is 17.1 Å². The lowest BCUT2D eigenvalue weighted by Gasteiger charge is -2.10. The first-order valence-electron chi connectivity index (χ1n) is 10.3. The van der Waals surface area contributed by atoms with Gasteiger partial charge < -0.3 is 15.0 Å². The number of aliphatic imine (C=N–C) groups is 1. The Hall–Kier alpha value is -2.98. The van der Waals surface area contributed by atoms with Gasteiger partial charge in [-0.2, -0.15) is 0 Å². The highest BCUT2D eigenvalue weighted by atomic mass is 35.5. The Morgan fingerprint density at radius 2 is 1.67 bits per heavy atom. The largest absolute Gasteiger partial charge is 0.494 e. The molecule has 8 nitrogen and oxygen atoms in total. The second-order valence-electron chi connectivity index (χ2n) is 7.95. The Kier molecular flexibility index (Phi) is 6.40. The molecule has 0 spiro atoms. The van der Waals surface area contributed by atoms with E-state index in [1.807, 2.05) is 19.0 Å². The Morgan fingerprint density at radius 3 is 2.30 bits per heavy atom. The molecular formula is C23H23ClN4O4S. The average Bonchev–Trinajstić information content (AvgIpc) is 3.30. The van der Waals surface area contributed by atoms with Crippen LogP contribution in [0.25, 0.3) is 11.3 Å². The number of halogens is 1. The van der Waals surface area contributed by atoms with Gasteiger partial charge in [0.25, 0.3) is 5.91 Å². The number of H-pyrrole nitrogens is 1. The molecule has 0 saturated carbocycles. The first-order chi connectivity index (χ1) is 15.7. The molecule has 2 heterocycles. The first kappa shape index (κ1) is 23.2. The summed E-state index contributed by atoms with van der Waals surface area (Å²) in [4.78, 5) is 21.8. The maximum atomic E-state index is 12.7. The van der Waals surface area contributed by atoms with E-state index < -0.39 is 15.9 Å². The van der Waals surface area contributed by atoms with Crippen molar-refractivity contribution in [2.75, 3.05) is 27.2 Å². The molecule has 0 radical (unpaired) electrons. The van der Waals surface area contributed by atoms with E-state index >= 15 is 0 Å². The van der Waals surface area contributed by atoms with Gasteiger partial charge >= 0.3 is 0 Å². The molecule has 172 valence electrons. The maximum Gasteiger partial charge on any atom is 0.280 e. The molecule has 0 atom stereocenters. The molecule has 2 aromatic carbocycles. The van der Waals surface area contributed by atoms with E-state index in [-0.39, 0.29) is 22.1 Å². The number of sulfonamides is 1. The third-order valence-electron chi connectivity index (χ3n) is 5.29. The molecule has 1 amide bonds. The monoisotopic (exact) mass is 486 g/mol. The number of hydrogen-bond donors (Lipinski definition) is 3. The van der Waals surface area contributed by atoms with E-state index in [2.05, 4.69) is 14.7 Å². The summed E-state index contributed by atoms with van der Waals surface area (Å²) in [5.74, 6) is -0.667. The molecule has 1 aromatic heterocycles. The molecule has 0 unspecified atom stereocenters. The average molecular weight is 487 g/mol. The second-order valence-corrected chi connectivity index (χ2v) is 10.2. The molecule has 33 heavy (non-hydrogen) atoms. The number of nitrogens with zero attached hydrogens (tertiary/aromatic N) is 2. The number of fused-ring (bicyclic) bond motifs is 1. The Bertz CT molecular complexity index is 1330. The van der Waals surface area contributed by atoms with Crippen LogP contribution in [-0.2, 0) is 10.0 Å². The van der Waals surface area contributed by atoms with E-state index in [0.717, 1.165) is 6.54 Å². The van der Waals surface area contributed by atoms with Crippen molar-refractivity contribution in [1.29, 1.82) is 0 Å². The number of carbonyl (C=O) groups excluding carboxylic acids is 1. The molecule has 0 saturated heterocycles. The zero-order chi connectivity index (χ0) is 23.8. The van der Waals surface area contributed by atoms with E-state index in [1.165, 1.54) is 12.1 Å². The van der Waals surface area contributed by atoms with Crippen LogP contribution in [0.5, 0.6) is 5.88 Å². The lowest BCUT2D eigenvalue weighted by Crippen LogP contribution is -2.27. The van der Waals surface area contributed by atoms with Crippen LogP contribution < -0.4 is 4.72 Å². The molecular weight excluding hydrogens is 464 g/mol. The Labute approximate surface area is 197 Å². The minimum absolute atomic E-state index is 0.112. The van der Waals surface area contributed by atoms with Crippen molar-refractivity contribution in [3.63, 3.8) is 0 Å². The number of aromatic nitrogens is 1. The Morgan fingerprint density at radius 1 is 1.03 bits per heavy atom. The molecule has 3 N–H and O–H groups in total. The lowest BCUT2D eigenvalue weighted by atomic mass is 10.0. The van der Waals surface area contributed by atoms with Gasteiger partial charge in [-0.1, -0.05) is 35.9 Å². The molecule has 3 aromatic rings. The van der Waals surface area contributed by atoms with Crippen LogP contribution in [0.15, 0.2) is 58.4 Å².